The molecule has 0 aromatic carbocycles. The van der Waals surface area contributed by atoms with Crippen LogP contribution in [-0.2, 0) is 11.8 Å². The Kier molecular flexibility index (Phi) is 4.76. The Hall–Kier alpha value is -2.15. The SMILES string of the molecule is COCCN(CC1CC=CCC1)c1nc(N)c2cnn(C)c2n1. The van der Waals surface area contributed by atoms with Crippen molar-refractivity contribution in [3.05, 3.63) is 18.3 Å². The van der Waals surface area contributed by atoms with Crippen molar-refractivity contribution in [3.8, 4) is 0 Å². The average Bonchev–Trinajstić information content (AvgIpc) is 2.94. The Labute approximate surface area is 136 Å². The lowest BCUT2D eigenvalue weighted by Gasteiger charge is -2.28. The van der Waals surface area contributed by atoms with Crippen molar-refractivity contribution in [1.29, 1.82) is 0 Å². The molecular formula is C16H24N6O. The lowest BCUT2D eigenvalue weighted by molar-refractivity contribution is 0.203. The van der Waals surface area contributed by atoms with Gasteiger partial charge in [-0.3, -0.25) is 4.68 Å². The second kappa shape index (κ2) is 6.95. The molecule has 1 aliphatic carbocycles. The van der Waals surface area contributed by atoms with E-state index in [-0.39, 0.29) is 0 Å². The highest BCUT2D eigenvalue weighted by Gasteiger charge is 2.19. The number of nitrogens with two attached hydrogens (primary N) is 1. The first kappa shape index (κ1) is 15.7. The van der Waals surface area contributed by atoms with Crippen molar-refractivity contribution < 1.29 is 4.74 Å². The van der Waals surface area contributed by atoms with Crippen molar-refractivity contribution >= 4 is 22.8 Å². The van der Waals surface area contributed by atoms with Gasteiger partial charge >= 0.3 is 0 Å². The second-order valence-electron chi connectivity index (χ2n) is 6.00. The van der Waals surface area contributed by atoms with Crippen LogP contribution in [0.1, 0.15) is 19.3 Å². The van der Waals surface area contributed by atoms with E-state index in [1.165, 1.54) is 6.42 Å². The molecule has 2 aromatic heterocycles. The van der Waals surface area contributed by atoms with Crippen LogP contribution >= 0.6 is 0 Å². The van der Waals surface area contributed by atoms with Crippen molar-refractivity contribution in [1.82, 2.24) is 19.7 Å². The van der Waals surface area contributed by atoms with Crippen LogP contribution in [0, 0.1) is 5.92 Å². The molecule has 1 atom stereocenters. The Morgan fingerprint density at radius 2 is 2.26 bits per heavy atom. The number of anilines is 2. The van der Waals surface area contributed by atoms with Gasteiger partial charge in [-0.25, -0.2) is 0 Å². The molecule has 23 heavy (non-hydrogen) atoms. The maximum atomic E-state index is 6.10. The van der Waals surface area contributed by atoms with Crippen LogP contribution < -0.4 is 10.6 Å². The van der Waals surface area contributed by atoms with Gasteiger partial charge in [0.15, 0.2) is 5.65 Å². The molecule has 7 heteroatoms. The van der Waals surface area contributed by atoms with Crippen LogP contribution in [0.25, 0.3) is 11.0 Å². The number of fused-ring (bicyclic) bond motifs is 1. The molecule has 0 amide bonds. The summed E-state index contributed by atoms with van der Waals surface area (Å²) in [5.41, 5.74) is 6.86. The molecule has 0 saturated heterocycles. The first-order valence-electron chi connectivity index (χ1n) is 8.03. The summed E-state index contributed by atoms with van der Waals surface area (Å²) in [5, 5.41) is 5.01. The van der Waals surface area contributed by atoms with E-state index in [1.54, 1.807) is 18.0 Å². The molecule has 124 valence electrons. The number of nitrogens with zero attached hydrogens (tertiary/aromatic N) is 5. The predicted molar refractivity (Wildman–Crippen MR) is 91.3 cm³/mol. The molecule has 0 bridgehead atoms. The van der Waals surface area contributed by atoms with Gasteiger partial charge in [-0.15, -0.1) is 0 Å². The number of ether oxygens (including phenoxy) is 1. The number of hydrogen-bond acceptors (Lipinski definition) is 6. The van der Waals surface area contributed by atoms with E-state index in [0.29, 0.717) is 24.3 Å². The van der Waals surface area contributed by atoms with Gasteiger partial charge in [0.25, 0.3) is 0 Å². The van der Waals surface area contributed by atoms with Crippen molar-refractivity contribution in [2.75, 3.05) is 37.4 Å². The average molecular weight is 316 g/mol. The molecular weight excluding hydrogens is 292 g/mol. The van der Waals surface area contributed by atoms with Gasteiger partial charge in [0.05, 0.1) is 18.2 Å². The Balaban J connectivity index is 1.88. The number of aromatic nitrogens is 4. The second-order valence-corrected chi connectivity index (χ2v) is 6.00. The summed E-state index contributed by atoms with van der Waals surface area (Å²) in [5.74, 6) is 1.75. The standard InChI is InChI=1S/C16H24N6O/c1-21-15-13(10-18-21)14(17)19-16(20-15)22(8-9-23-2)11-12-6-4-3-5-7-12/h3-4,10,12H,5-9,11H2,1-2H3,(H2,17,19,20). The lowest BCUT2D eigenvalue weighted by atomic mass is 9.94. The van der Waals surface area contributed by atoms with E-state index in [2.05, 4.69) is 32.1 Å². The number of hydrogen-bond donors (Lipinski definition) is 1. The van der Waals surface area contributed by atoms with E-state index in [1.807, 2.05) is 7.05 Å². The minimum atomic E-state index is 0.476. The topological polar surface area (TPSA) is 82.1 Å². The summed E-state index contributed by atoms with van der Waals surface area (Å²) in [6, 6.07) is 0. The van der Waals surface area contributed by atoms with Crippen molar-refractivity contribution in [2.24, 2.45) is 13.0 Å². The third-order valence-corrected chi connectivity index (χ3v) is 4.31. The quantitative estimate of drug-likeness (QED) is 0.818. The minimum Gasteiger partial charge on any atom is -0.383 e. The summed E-state index contributed by atoms with van der Waals surface area (Å²) in [4.78, 5) is 11.4. The largest absolute Gasteiger partial charge is 0.383 e. The van der Waals surface area contributed by atoms with Gasteiger partial charge < -0.3 is 15.4 Å². The molecule has 7 nitrogen and oxygen atoms in total. The first-order chi connectivity index (χ1) is 11.2. The summed E-state index contributed by atoms with van der Waals surface area (Å²) in [6.45, 7) is 2.30. The number of aryl methyl sites for hydroxylation is 1. The predicted octanol–water partition coefficient (Wildman–Crippen LogP) is 1.75. The molecule has 0 saturated carbocycles. The molecule has 1 aliphatic rings. The van der Waals surface area contributed by atoms with Crippen LogP contribution in [0.15, 0.2) is 18.3 Å². The lowest BCUT2D eigenvalue weighted by Crippen LogP contribution is -2.34. The fourth-order valence-electron chi connectivity index (χ4n) is 2.98. The normalized spacial score (nSPS) is 17.7. The van der Waals surface area contributed by atoms with Gasteiger partial charge in [0, 0.05) is 27.2 Å². The van der Waals surface area contributed by atoms with E-state index in [4.69, 9.17) is 10.5 Å². The molecule has 0 radical (unpaired) electrons. The van der Waals surface area contributed by atoms with Crippen LogP contribution in [0.2, 0.25) is 0 Å². The van der Waals surface area contributed by atoms with Crippen LogP contribution in [0.3, 0.4) is 0 Å². The number of rotatable bonds is 6. The van der Waals surface area contributed by atoms with Gasteiger partial charge in [0.2, 0.25) is 5.95 Å². The monoisotopic (exact) mass is 316 g/mol. The van der Waals surface area contributed by atoms with Crippen LogP contribution in [-0.4, -0.2) is 46.6 Å². The molecule has 0 spiro atoms. The highest BCUT2D eigenvalue weighted by Crippen LogP contribution is 2.24. The van der Waals surface area contributed by atoms with Crippen LogP contribution in [0.5, 0.6) is 0 Å². The molecule has 0 fully saturated rings. The summed E-state index contributed by atoms with van der Waals surface area (Å²) in [6.07, 6.45) is 9.68. The van der Waals surface area contributed by atoms with Gasteiger partial charge in [0.1, 0.15) is 5.82 Å². The first-order valence-corrected chi connectivity index (χ1v) is 8.03. The number of allylic oxidation sites excluding steroid dienone is 2. The summed E-state index contributed by atoms with van der Waals surface area (Å²) >= 11 is 0. The van der Waals surface area contributed by atoms with Gasteiger partial charge in [-0.2, -0.15) is 15.1 Å². The minimum absolute atomic E-state index is 0.476. The highest BCUT2D eigenvalue weighted by molar-refractivity contribution is 5.86. The Morgan fingerprint density at radius 3 is 3.00 bits per heavy atom. The molecule has 0 aliphatic heterocycles. The molecule has 2 aromatic rings. The fourth-order valence-corrected chi connectivity index (χ4v) is 2.98. The molecule has 2 N–H and O–H groups in total. The molecule has 3 rings (SSSR count). The zero-order valence-electron chi connectivity index (χ0n) is 13.8. The van der Waals surface area contributed by atoms with E-state index in [0.717, 1.165) is 37.0 Å². The van der Waals surface area contributed by atoms with E-state index >= 15 is 0 Å². The van der Waals surface area contributed by atoms with Crippen molar-refractivity contribution in [2.45, 2.75) is 19.3 Å². The Bertz CT molecular complexity index is 695. The number of nitrogen functional groups attached to an aromatic ring is 1. The molecule has 2 heterocycles. The van der Waals surface area contributed by atoms with E-state index in [9.17, 15) is 0 Å². The highest BCUT2D eigenvalue weighted by atomic mass is 16.5. The third kappa shape index (κ3) is 3.44. The molecule has 1 unspecified atom stereocenters. The van der Waals surface area contributed by atoms with Crippen LogP contribution in [0.4, 0.5) is 11.8 Å². The third-order valence-electron chi connectivity index (χ3n) is 4.31. The maximum Gasteiger partial charge on any atom is 0.229 e. The van der Waals surface area contributed by atoms with Gasteiger partial charge in [-0.1, -0.05) is 12.2 Å². The van der Waals surface area contributed by atoms with Gasteiger partial charge in [-0.05, 0) is 25.2 Å². The zero-order chi connectivity index (χ0) is 16.2. The van der Waals surface area contributed by atoms with Crippen molar-refractivity contribution in [3.63, 3.8) is 0 Å². The summed E-state index contributed by atoms with van der Waals surface area (Å²) < 4.78 is 6.98. The van der Waals surface area contributed by atoms with E-state index < -0.39 is 0 Å². The fraction of sp³-hybridized carbons (Fsp3) is 0.562. The smallest absolute Gasteiger partial charge is 0.229 e. The maximum absolute atomic E-state index is 6.10. The zero-order valence-corrected chi connectivity index (χ0v) is 13.8. The number of methoxy groups -OCH3 is 1. The summed E-state index contributed by atoms with van der Waals surface area (Å²) in [7, 11) is 3.57. The Morgan fingerprint density at radius 1 is 1.39 bits per heavy atom.